The number of rotatable bonds is 4. The molecule has 0 saturated carbocycles. The number of hydrogen-bond donors (Lipinski definition) is 1. The van der Waals surface area contributed by atoms with Gasteiger partial charge in [0.2, 0.25) is 0 Å². The van der Waals surface area contributed by atoms with Gasteiger partial charge in [0, 0.05) is 24.6 Å². The van der Waals surface area contributed by atoms with Crippen molar-refractivity contribution < 1.29 is 4.79 Å². The molecule has 0 atom stereocenters. The molecule has 0 bridgehead atoms. The van der Waals surface area contributed by atoms with Crippen molar-refractivity contribution in [3.8, 4) is 0 Å². The van der Waals surface area contributed by atoms with Gasteiger partial charge in [-0.05, 0) is 23.3 Å². The first-order chi connectivity index (χ1) is 9.65. The zero-order valence-electron chi connectivity index (χ0n) is 11.3. The van der Waals surface area contributed by atoms with Crippen molar-refractivity contribution in [3.05, 3.63) is 70.2 Å². The first kappa shape index (κ1) is 14.6. The van der Waals surface area contributed by atoms with Gasteiger partial charge in [-0.15, -0.1) is 0 Å². The lowest BCUT2D eigenvalue weighted by atomic mass is 10.2. The number of halogens is 1. The Kier molecular flexibility index (Phi) is 5.18. The number of nitrogens with one attached hydrogen (secondary N) is 1. The predicted octanol–water partition coefficient (Wildman–Crippen LogP) is 3.79. The second-order valence-electron chi connectivity index (χ2n) is 4.63. The zero-order valence-corrected chi connectivity index (χ0v) is 12.9. The average molecular weight is 333 g/mol. The molecule has 2 aromatic rings. The quantitative estimate of drug-likeness (QED) is 0.907. The molecule has 4 heteroatoms. The normalized spacial score (nSPS) is 10.1. The summed E-state index contributed by atoms with van der Waals surface area (Å²) in [5, 5.41) is 2.91. The molecule has 0 fully saturated rings. The Morgan fingerprint density at radius 1 is 1.05 bits per heavy atom. The molecule has 20 heavy (non-hydrogen) atoms. The molecule has 0 aliphatic rings. The Hall–Kier alpha value is -1.81. The van der Waals surface area contributed by atoms with E-state index in [-0.39, 0.29) is 6.03 Å². The van der Waals surface area contributed by atoms with Gasteiger partial charge in [-0.1, -0.05) is 58.4 Å². The van der Waals surface area contributed by atoms with E-state index in [0.29, 0.717) is 13.1 Å². The van der Waals surface area contributed by atoms with Crippen LogP contribution >= 0.6 is 15.9 Å². The van der Waals surface area contributed by atoms with E-state index in [4.69, 9.17) is 0 Å². The summed E-state index contributed by atoms with van der Waals surface area (Å²) >= 11 is 3.40. The van der Waals surface area contributed by atoms with E-state index < -0.39 is 0 Å². The van der Waals surface area contributed by atoms with E-state index in [0.717, 1.165) is 15.6 Å². The molecule has 0 aliphatic carbocycles. The van der Waals surface area contributed by atoms with Crippen molar-refractivity contribution in [2.24, 2.45) is 0 Å². The predicted molar refractivity (Wildman–Crippen MR) is 84.3 cm³/mol. The zero-order chi connectivity index (χ0) is 14.4. The average Bonchev–Trinajstić information content (AvgIpc) is 2.48. The summed E-state index contributed by atoms with van der Waals surface area (Å²) in [6, 6.07) is 17.8. The van der Waals surface area contributed by atoms with E-state index in [1.54, 1.807) is 11.9 Å². The summed E-state index contributed by atoms with van der Waals surface area (Å²) in [4.78, 5) is 13.7. The van der Waals surface area contributed by atoms with Gasteiger partial charge in [0.25, 0.3) is 0 Å². The molecule has 0 saturated heterocycles. The maximum absolute atomic E-state index is 12.0. The molecular formula is C16H17BrN2O. The molecule has 0 aromatic heterocycles. The number of urea groups is 1. The van der Waals surface area contributed by atoms with Gasteiger partial charge >= 0.3 is 6.03 Å². The minimum Gasteiger partial charge on any atom is -0.334 e. The molecule has 1 N–H and O–H groups in total. The maximum atomic E-state index is 12.0. The smallest absolute Gasteiger partial charge is 0.317 e. The van der Waals surface area contributed by atoms with Gasteiger partial charge in [-0.25, -0.2) is 4.79 Å². The topological polar surface area (TPSA) is 32.3 Å². The maximum Gasteiger partial charge on any atom is 0.317 e. The van der Waals surface area contributed by atoms with Crippen LogP contribution < -0.4 is 5.32 Å². The second-order valence-corrected chi connectivity index (χ2v) is 5.54. The van der Waals surface area contributed by atoms with E-state index in [9.17, 15) is 4.79 Å². The Bertz CT molecular complexity index is 554. The molecule has 3 nitrogen and oxygen atoms in total. The van der Waals surface area contributed by atoms with Crippen LogP contribution in [0.5, 0.6) is 0 Å². The highest BCUT2D eigenvalue weighted by atomic mass is 79.9. The highest BCUT2D eigenvalue weighted by molar-refractivity contribution is 9.10. The molecule has 0 unspecified atom stereocenters. The Balaban J connectivity index is 1.84. The second kappa shape index (κ2) is 7.10. The van der Waals surface area contributed by atoms with Gasteiger partial charge in [-0.2, -0.15) is 0 Å². The lowest BCUT2D eigenvalue weighted by Gasteiger charge is -2.18. The van der Waals surface area contributed by atoms with Gasteiger partial charge in [0.05, 0.1) is 0 Å². The van der Waals surface area contributed by atoms with Gasteiger partial charge in [-0.3, -0.25) is 0 Å². The SMILES string of the molecule is CN(Cc1ccc(Br)cc1)C(=O)NCc1ccccc1. The van der Waals surface area contributed by atoms with Crippen molar-refractivity contribution in [1.29, 1.82) is 0 Å². The van der Waals surface area contributed by atoms with Crippen LogP contribution in [0.15, 0.2) is 59.1 Å². The Labute approximate surface area is 127 Å². The van der Waals surface area contributed by atoms with Gasteiger partial charge in [0.15, 0.2) is 0 Å². The Morgan fingerprint density at radius 2 is 1.70 bits per heavy atom. The number of nitrogens with zero attached hydrogens (tertiary/aromatic N) is 1. The molecule has 0 heterocycles. The fourth-order valence-electron chi connectivity index (χ4n) is 1.84. The lowest BCUT2D eigenvalue weighted by molar-refractivity contribution is 0.206. The van der Waals surface area contributed by atoms with Crippen LogP contribution in [0.3, 0.4) is 0 Å². The summed E-state index contributed by atoms with van der Waals surface area (Å²) in [7, 11) is 1.79. The van der Waals surface area contributed by atoms with Crippen LogP contribution in [-0.2, 0) is 13.1 Å². The van der Waals surface area contributed by atoms with Crippen molar-refractivity contribution in [3.63, 3.8) is 0 Å². The number of benzene rings is 2. The summed E-state index contributed by atoms with van der Waals surface area (Å²) in [6.07, 6.45) is 0. The van der Waals surface area contributed by atoms with Crippen LogP contribution in [0.4, 0.5) is 4.79 Å². The molecule has 2 aromatic carbocycles. The lowest BCUT2D eigenvalue weighted by Crippen LogP contribution is -2.36. The highest BCUT2D eigenvalue weighted by Crippen LogP contribution is 2.11. The van der Waals surface area contributed by atoms with E-state index >= 15 is 0 Å². The standard InChI is InChI=1S/C16H17BrN2O/c1-19(12-14-7-9-15(17)10-8-14)16(20)18-11-13-5-3-2-4-6-13/h2-10H,11-12H2,1H3,(H,18,20). The monoisotopic (exact) mass is 332 g/mol. The summed E-state index contributed by atoms with van der Waals surface area (Å²) in [5.74, 6) is 0. The minimum absolute atomic E-state index is 0.0724. The van der Waals surface area contributed by atoms with Crippen LogP contribution in [0.1, 0.15) is 11.1 Å². The number of carbonyl (C=O) groups excluding carboxylic acids is 1. The molecule has 0 radical (unpaired) electrons. The minimum atomic E-state index is -0.0724. The van der Waals surface area contributed by atoms with E-state index in [1.807, 2.05) is 54.6 Å². The molecule has 104 valence electrons. The van der Waals surface area contributed by atoms with Crippen molar-refractivity contribution in [2.45, 2.75) is 13.1 Å². The molecular weight excluding hydrogens is 316 g/mol. The van der Waals surface area contributed by atoms with Crippen molar-refractivity contribution in [2.75, 3.05) is 7.05 Å². The van der Waals surface area contributed by atoms with Crippen LogP contribution in [0.2, 0.25) is 0 Å². The molecule has 2 amide bonds. The van der Waals surface area contributed by atoms with Crippen LogP contribution in [0, 0.1) is 0 Å². The van der Waals surface area contributed by atoms with Crippen LogP contribution in [0.25, 0.3) is 0 Å². The van der Waals surface area contributed by atoms with Crippen molar-refractivity contribution in [1.82, 2.24) is 10.2 Å². The van der Waals surface area contributed by atoms with Gasteiger partial charge in [0.1, 0.15) is 0 Å². The largest absolute Gasteiger partial charge is 0.334 e. The molecule has 0 spiro atoms. The van der Waals surface area contributed by atoms with Gasteiger partial charge < -0.3 is 10.2 Å². The third kappa shape index (κ3) is 4.38. The third-order valence-electron chi connectivity index (χ3n) is 2.97. The highest BCUT2D eigenvalue weighted by Gasteiger charge is 2.08. The summed E-state index contributed by atoms with van der Waals surface area (Å²) < 4.78 is 1.04. The Morgan fingerprint density at radius 3 is 2.35 bits per heavy atom. The first-order valence-corrected chi connectivity index (χ1v) is 7.22. The summed E-state index contributed by atoms with van der Waals surface area (Å²) in [6.45, 7) is 1.14. The number of carbonyl (C=O) groups is 1. The molecule has 0 aliphatic heterocycles. The number of amides is 2. The van der Waals surface area contributed by atoms with Crippen LogP contribution in [-0.4, -0.2) is 18.0 Å². The first-order valence-electron chi connectivity index (χ1n) is 6.42. The van der Waals surface area contributed by atoms with Crippen molar-refractivity contribution >= 4 is 22.0 Å². The summed E-state index contributed by atoms with van der Waals surface area (Å²) in [5.41, 5.74) is 2.20. The fourth-order valence-corrected chi connectivity index (χ4v) is 2.11. The molecule has 2 rings (SSSR count). The van der Waals surface area contributed by atoms with E-state index in [1.165, 1.54) is 0 Å². The number of hydrogen-bond acceptors (Lipinski definition) is 1. The van der Waals surface area contributed by atoms with E-state index in [2.05, 4.69) is 21.2 Å². The fraction of sp³-hybridized carbons (Fsp3) is 0.188. The third-order valence-corrected chi connectivity index (χ3v) is 3.49.